The molecule has 0 unspecified atom stereocenters. The average Bonchev–Trinajstić information content (AvgIpc) is 2.24. The molecule has 1 rings (SSSR count). The Balaban J connectivity index is 2.63. The van der Waals surface area contributed by atoms with E-state index in [1.54, 1.807) is 24.5 Å². The molecular formula is C12H18N2O3. The van der Waals surface area contributed by atoms with Gasteiger partial charge in [0.2, 0.25) is 0 Å². The molecule has 0 saturated heterocycles. The molecule has 0 saturated carbocycles. The molecule has 17 heavy (non-hydrogen) atoms. The van der Waals surface area contributed by atoms with Crippen molar-refractivity contribution in [1.82, 2.24) is 10.0 Å². The Hall–Kier alpha value is -1.78. The van der Waals surface area contributed by atoms with E-state index in [2.05, 4.69) is 4.98 Å². The molecule has 0 spiro atoms. The third-order valence-corrected chi connectivity index (χ3v) is 1.75. The highest BCUT2D eigenvalue weighted by molar-refractivity contribution is 5.67. The van der Waals surface area contributed by atoms with Crippen molar-refractivity contribution in [3.05, 3.63) is 24.5 Å². The predicted octanol–water partition coefficient (Wildman–Crippen LogP) is 2.63. The highest BCUT2D eigenvalue weighted by Gasteiger charge is 2.22. The zero-order valence-corrected chi connectivity index (χ0v) is 10.6. The van der Waals surface area contributed by atoms with Crippen LogP contribution in [0, 0.1) is 0 Å². The lowest BCUT2D eigenvalue weighted by molar-refractivity contribution is -0.0694. The van der Waals surface area contributed by atoms with Gasteiger partial charge in [-0.3, -0.25) is 4.98 Å². The molecule has 1 aromatic heterocycles. The number of carbonyl (C=O) groups is 1. The number of pyridine rings is 1. The zero-order chi connectivity index (χ0) is 12.9. The molecule has 1 heterocycles. The molecule has 94 valence electrons. The quantitative estimate of drug-likeness (QED) is 0.759. The van der Waals surface area contributed by atoms with Gasteiger partial charge in [-0.05, 0) is 27.7 Å². The van der Waals surface area contributed by atoms with Crippen molar-refractivity contribution in [2.24, 2.45) is 0 Å². The summed E-state index contributed by atoms with van der Waals surface area (Å²) in [4.78, 5) is 21.0. The monoisotopic (exact) mass is 238 g/mol. The largest absolute Gasteiger partial charge is 0.443 e. The maximum atomic E-state index is 11.8. The molecular weight excluding hydrogens is 220 g/mol. The third kappa shape index (κ3) is 4.72. The fourth-order valence-electron chi connectivity index (χ4n) is 1.07. The number of hydroxylamine groups is 2. The van der Waals surface area contributed by atoms with Crippen LogP contribution in [-0.2, 0) is 4.74 Å². The number of aromatic nitrogens is 1. The minimum atomic E-state index is -0.536. The lowest BCUT2D eigenvalue weighted by atomic mass is 10.2. The van der Waals surface area contributed by atoms with E-state index in [1.165, 1.54) is 5.06 Å². The molecule has 5 heteroatoms. The van der Waals surface area contributed by atoms with Crippen LogP contribution in [0.25, 0.3) is 0 Å². The van der Waals surface area contributed by atoms with E-state index in [0.717, 1.165) is 0 Å². The van der Waals surface area contributed by atoms with Gasteiger partial charge in [0.1, 0.15) is 5.60 Å². The Kier molecular flexibility index (Phi) is 4.31. The van der Waals surface area contributed by atoms with E-state index in [-0.39, 0.29) is 0 Å². The van der Waals surface area contributed by atoms with Gasteiger partial charge in [0.15, 0.2) is 5.75 Å². The fourth-order valence-corrected chi connectivity index (χ4v) is 1.07. The molecule has 0 aliphatic rings. The number of nitrogens with zero attached hydrogens (tertiary/aromatic N) is 2. The van der Waals surface area contributed by atoms with Crippen molar-refractivity contribution in [3.8, 4) is 5.75 Å². The maximum absolute atomic E-state index is 11.8. The first-order valence-corrected chi connectivity index (χ1v) is 5.51. The van der Waals surface area contributed by atoms with Crippen molar-refractivity contribution in [1.29, 1.82) is 0 Å². The molecule has 1 amide bonds. The van der Waals surface area contributed by atoms with Crippen LogP contribution in [0.5, 0.6) is 5.75 Å². The third-order valence-electron chi connectivity index (χ3n) is 1.75. The summed E-state index contributed by atoms with van der Waals surface area (Å²) in [5.74, 6) is 0.549. The van der Waals surface area contributed by atoms with Crippen LogP contribution < -0.4 is 4.84 Å². The van der Waals surface area contributed by atoms with Crippen LogP contribution in [-0.4, -0.2) is 28.3 Å². The van der Waals surface area contributed by atoms with Gasteiger partial charge in [-0.1, -0.05) is 0 Å². The molecule has 0 bridgehead atoms. The second-order valence-corrected chi connectivity index (χ2v) is 4.45. The van der Waals surface area contributed by atoms with Crippen LogP contribution in [0.1, 0.15) is 27.7 Å². The Morgan fingerprint density at radius 1 is 1.35 bits per heavy atom. The van der Waals surface area contributed by atoms with Gasteiger partial charge in [-0.15, -0.1) is 5.06 Å². The van der Waals surface area contributed by atoms with Gasteiger partial charge in [0, 0.05) is 24.5 Å². The molecule has 0 fully saturated rings. The second kappa shape index (κ2) is 5.52. The molecule has 1 aromatic rings. The van der Waals surface area contributed by atoms with E-state index in [9.17, 15) is 4.79 Å². The predicted molar refractivity (Wildman–Crippen MR) is 63.5 cm³/mol. The van der Waals surface area contributed by atoms with Crippen LogP contribution in [0.2, 0.25) is 0 Å². The van der Waals surface area contributed by atoms with Gasteiger partial charge >= 0.3 is 6.09 Å². The topological polar surface area (TPSA) is 51.7 Å². The molecule has 0 aromatic carbocycles. The van der Waals surface area contributed by atoms with Crippen molar-refractivity contribution in [2.45, 2.75) is 33.3 Å². The van der Waals surface area contributed by atoms with Gasteiger partial charge in [-0.2, -0.15) is 0 Å². The molecule has 5 nitrogen and oxygen atoms in total. The SMILES string of the molecule is CCN(Oc1ccncc1)C(=O)OC(C)(C)C. The zero-order valence-electron chi connectivity index (χ0n) is 10.6. The minimum Gasteiger partial charge on any atom is -0.442 e. The maximum Gasteiger partial charge on any atom is 0.443 e. The highest BCUT2D eigenvalue weighted by Crippen LogP contribution is 2.13. The summed E-state index contributed by atoms with van der Waals surface area (Å²) in [5, 5.41) is 1.17. The number of ether oxygens (including phenoxy) is 1. The Morgan fingerprint density at radius 3 is 2.41 bits per heavy atom. The molecule has 0 atom stereocenters. The first kappa shape index (κ1) is 13.3. The Morgan fingerprint density at radius 2 is 1.94 bits per heavy atom. The molecule has 0 aliphatic heterocycles. The van der Waals surface area contributed by atoms with E-state index in [0.29, 0.717) is 12.3 Å². The summed E-state index contributed by atoms with van der Waals surface area (Å²) >= 11 is 0. The van der Waals surface area contributed by atoms with Crippen molar-refractivity contribution in [2.75, 3.05) is 6.54 Å². The van der Waals surface area contributed by atoms with Crippen molar-refractivity contribution >= 4 is 6.09 Å². The van der Waals surface area contributed by atoms with Crippen LogP contribution >= 0.6 is 0 Å². The lowest BCUT2D eigenvalue weighted by Gasteiger charge is -2.25. The first-order valence-electron chi connectivity index (χ1n) is 5.51. The highest BCUT2D eigenvalue weighted by atomic mass is 16.7. The summed E-state index contributed by atoms with van der Waals surface area (Å²) < 4.78 is 5.21. The first-order chi connectivity index (χ1) is 7.92. The van der Waals surface area contributed by atoms with E-state index in [4.69, 9.17) is 9.57 Å². The summed E-state index contributed by atoms with van der Waals surface area (Å²) in [7, 11) is 0. The van der Waals surface area contributed by atoms with Crippen molar-refractivity contribution < 1.29 is 14.4 Å². The Bertz CT molecular complexity index is 360. The Labute approximate surface area is 101 Å². The second-order valence-electron chi connectivity index (χ2n) is 4.45. The van der Waals surface area contributed by atoms with Gasteiger partial charge in [0.25, 0.3) is 0 Å². The number of hydrogen-bond donors (Lipinski definition) is 0. The van der Waals surface area contributed by atoms with Crippen LogP contribution in [0.4, 0.5) is 4.79 Å². The smallest absolute Gasteiger partial charge is 0.442 e. The van der Waals surface area contributed by atoms with E-state index < -0.39 is 11.7 Å². The summed E-state index contributed by atoms with van der Waals surface area (Å²) in [6.45, 7) is 7.64. The number of hydrogen-bond acceptors (Lipinski definition) is 4. The lowest BCUT2D eigenvalue weighted by Crippen LogP contribution is -2.38. The molecule has 0 N–H and O–H groups in total. The average molecular weight is 238 g/mol. The van der Waals surface area contributed by atoms with Gasteiger partial charge in [0.05, 0.1) is 6.54 Å². The minimum absolute atomic E-state index is 0.400. The van der Waals surface area contributed by atoms with E-state index >= 15 is 0 Å². The summed E-state index contributed by atoms with van der Waals surface area (Å²) in [5.41, 5.74) is -0.536. The molecule has 0 aliphatic carbocycles. The van der Waals surface area contributed by atoms with E-state index in [1.807, 2.05) is 27.7 Å². The van der Waals surface area contributed by atoms with Crippen LogP contribution in [0.15, 0.2) is 24.5 Å². The van der Waals surface area contributed by atoms with Crippen LogP contribution in [0.3, 0.4) is 0 Å². The fraction of sp³-hybridized carbons (Fsp3) is 0.500. The number of carbonyl (C=O) groups excluding carboxylic acids is 1. The molecule has 0 radical (unpaired) electrons. The van der Waals surface area contributed by atoms with Crippen molar-refractivity contribution in [3.63, 3.8) is 0 Å². The normalized spacial score (nSPS) is 10.8. The number of amides is 1. The van der Waals surface area contributed by atoms with Gasteiger partial charge in [-0.25, -0.2) is 4.79 Å². The van der Waals surface area contributed by atoms with Gasteiger partial charge < -0.3 is 9.57 Å². The number of rotatable bonds is 3. The summed E-state index contributed by atoms with van der Waals surface area (Å²) in [6, 6.07) is 3.35. The standard InChI is InChI=1S/C12H18N2O3/c1-5-14(11(15)16-12(2,3)4)17-10-6-8-13-9-7-10/h6-9H,5H2,1-4H3. The summed E-state index contributed by atoms with van der Waals surface area (Å²) in [6.07, 6.45) is 2.69.